The highest BCUT2D eigenvalue weighted by molar-refractivity contribution is 7.99. The van der Waals surface area contributed by atoms with E-state index in [2.05, 4.69) is 19.2 Å². The van der Waals surface area contributed by atoms with Crippen molar-refractivity contribution in [3.8, 4) is 0 Å². The molecule has 1 N–H and O–H groups in total. The van der Waals surface area contributed by atoms with Gasteiger partial charge in [-0.2, -0.15) is 0 Å². The van der Waals surface area contributed by atoms with Crippen LogP contribution < -0.4 is 5.32 Å². The summed E-state index contributed by atoms with van der Waals surface area (Å²) in [6, 6.07) is 7.54. The van der Waals surface area contributed by atoms with E-state index in [9.17, 15) is 4.39 Å². The van der Waals surface area contributed by atoms with E-state index in [1.807, 2.05) is 12.1 Å². The van der Waals surface area contributed by atoms with E-state index in [1.54, 1.807) is 17.8 Å². The van der Waals surface area contributed by atoms with Crippen LogP contribution in [0, 0.1) is 5.82 Å². The lowest BCUT2D eigenvalue weighted by atomic mass is 10.2. The van der Waals surface area contributed by atoms with Gasteiger partial charge in [-0.05, 0) is 25.0 Å². The molecule has 0 aromatic heterocycles. The van der Waals surface area contributed by atoms with Gasteiger partial charge in [0.2, 0.25) is 0 Å². The number of halogens is 1. The van der Waals surface area contributed by atoms with Crippen LogP contribution in [0.2, 0.25) is 0 Å². The van der Waals surface area contributed by atoms with Crippen LogP contribution in [0.3, 0.4) is 0 Å². The highest BCUT2D eigenvalue weighted by Crippen LogP contribution is 2.20. The Morgan fingerprint density at radius 2 is 1.94 bits per heavy atom. The third-order valence-corrected chi connectivity index (χ3v) is 3.67. The van der Waals surface area contributed by atoms with Crippen LogP contribution in [-0.2, 0) is 0 Å². The Morgan fingerprint density at radius 3 is 2.56 bits per heavy atom. The summed E-state index contributed by atoms with van der Waals surface area (Å²) in [5.74, 6) is 0.798. The maximum atomic E-state index is 13.3. The van der Waals surface area contributed by atoms with Crippen LogP contribution >= 0.6 is 11.8 Å². The lowest BCUT2D eigenvalue weighted by Crippen LogP contribution is -2.29. The molecule has 16 heavy (non-hydrogen) atoms. The van der Waals surface area contributed by atoms with Crippen LogP contribution in [0.25, 0.3) is 0 Å². The molecule has 0 atom stereocenters. The van der Waals surface area contributed by atoms with Crippen molar-refractivity contribution in [1.82, 2.24) is 5.32 Å². The topological polar surface area (TPSA) is 12.0 Å². The molecule has 0 radical (unpaired) electrons. The Kier molecular flexibility index (Phi) is 6.50. The molecular weight excluding hydrogens is 221 g/mol. The Bertz CT molecular complexity index is 300. The fourth-order valence-electron chi connectivity index (χ4n) is 1.56. The van der Waals surface area contributed by atoms with E-state index in [-0.39, 0.29) is 5.82 Å². The van der Waals surface area contributed by atoms with Crippen molar-refractivity contribution in [2.24, 2.45) is 0 Å². The van der Waals surface area contributed by atoms with Crippen LogP contribution in [0.4, 0.5) is 4.39 Å². The minimum absolute atomic E-state index is 0.116. The van der Waals surface area contributed by atoms with Crippen LogP contribution in [-0.4, -0.2) is 18.3 Å². The molecule has 0 bridgehead atoms. The normalized spacial score (nSPS) is 11.0. The van der Waals surface area contributed by atoms with E-state index in [0.717, 1.165) is 30.0 Å². The zero-order valence-corrected chi connectivity index (χ0v) is 10.8. The number of hydrogen-bond acceptors (Lipinski definition) is 2. The van der Waals surface area contributed by atoms with Crippen LogP contribution in [0.1, 0.15) is 26.7 Å². The lowest BCUT2D eigenvalue weighted by Gasteiger charge is -2.14. The van der Waals surface area contributed by atoms with Crippen molar-refractivity contribution in [2.45, 2.75) is 37.6 Å². The number of rotatable bonds is 7. The van der Waals surface area contributed by atoms with Gasteiger partial charge in [0.1, 0.15) is 5.82 Å². The largest absolute Gasteiger partial charge is 0.313 e. The highest BCUT2D eigenvalue weighted by atomic mass is 32.2. The van der Waals surface area contributed by atoms with Gasteiger partial charge in [-0.3, -0.25) is 0 Å². The minimum Gasteiger partial charge on any atom is -0.313 e. The second-order valence-electron chi connectivity index (χ2n) is 3.75. The van der Waals surface area contributed by atoms with Crippen molar-refractivity contribution in [1.29, 1.82) is 0 Å². The molecule has 1 aromatic rings. The standard InChI is InChI=1S/C13H20FNS/c1-3-11(4-2)15-9-10-16-13-8-6-5-7-12(13)14/h5-8,11,15H,3-4,9-10H2,1-2H3. The summed E-state index contributed by atoms with van der Waals surface area (Å²) in [5, 5.41) is 3.47. The average molecular weight is 241 g/mol. The van der Waals surface area contributed by atoms with Gasteiger partial charge in [0, 0.05) is 23.2 Å². The minimum atomic E-state index is -0.116. The summed E-state index contributed by atoms with van der Waals surface area (Å²) in [6.45, 7) is 5.31. The van der Waals surface area contributed by atoms with Crippen LogP contribution in [0.15, 0.2) is 29.2 Å². The molecule has 3 heteroatoms. The lowest BCUT2D eigenvalue weighted by molar-refractivity contribution is 0.501. The Balaban J connectivity index is 2.23. The number of hydrogen-bond donors (Lipinski definition) is 1. The first-order valence-electron chi connectivity index (χ1n) is 5.88. The number of nitrogens with one attached hydrogen (secondary N) is 1. The van der Waals surface area contributed by atoms with Crippen molar-refractivity contribution >= 4 is 11.8 Å². The molecule has 1 rings (SSSR count). The van der Waals surface area contributed by atoms with Gasteiger partial charge in [0.15, 0.2) is 0 Å². The summed E-state index contributed by atoms with van der Waals surface area (Å²) in [5.41, 5.74) is 0. The number of benzene rings is 1. The van der Waals surface area contributed by atoms with E-state index >= 15 is 0 Å². The first kappa shape index (κ1) is 13.5. The summed E-state index contributed by atoms with van der Waals surface area (Å²) in [4.78, 5) is 0.744. The smallest absolute Gasteiger partial charge is 0.136 e. The molecular formula is C13H20FNS. The molecule has 1 aromatic carbocycles. The molecule has 0 unspecified atom stereocenters. The second-order valence-corrected chi connectivity index (χ2v) is 4.88. The summed E-state index contributed by atoms with van der Waals surface area (Å²) in [7, 11) is 0. The van der Waals surface area contributed by atoms with E-state index < -0.39 is 0 Å². The molecule has 0 aliphatic rings. The third-order valence-electron chi connectivity index (χ3n) is 2.61. The maximum absolute atomic E-state index is 13.3. The molecule has 1 nitrogen and oxygen atoms in total. The molecule has 0 saturated heterocycles. The zero-order valence-electron chi connectivity index (χ0n) is 10.0. The van der Waals surface area contributed by atoms with Crippen molar-refractivity contribution in [3.05, 3.63) is 30.1 Å². The summed E-state index contributed by atoms with van der Waals surface area (Å²) >= 11 is 1.57. The fourth-order valence-corrected chi connectivity index (χ4v) is 2.38. The fraction of sp³-hybridized carbons (Fsp3) is 0.538. The Morgan fingerprint density at radius 1 is 1.25 bits per heavy atom. The van der Waals surface area contributed by atoms with Gasteiger partial charge < -0.3 is 5.32 Å². The quantitative estimate of drug-likeness (QED) is 0.577. The van der Waals surface area contributed by atoms with Crippen LogP contribution in [0.5, 0.6) is 0 Å². The summed E-state index contributed by atoms with van der Waals surface area (Å²) in [6.07, 6.45) is 2.31. The number of thioether (sulfide) groups is 1. The highest BCUT2D eigenvalue weighted by Gasteiger charge is 2.03. The van der Waals surface area contributed by atoms with Crippen molar-refractivity contribution in [2.75, 3.05) is 12.3 Å². The van der Waals surface area contributed by atoms with Gasteiger partial charge in [0.25, 0.3) is 0 Å². The van der Waals surface area contributed by atoms with Gasteiger partial charge in [-0.25, -0.2) is 4.39 Å². The predicted octanol–water partition coefficient (Wildman–Crippen LogP) is 3.70. The third kappa shape index (κ3) is 4.54. The van der Waals surface area contributed by atoms with Crippen molar-refractivity contribution in [3.63, 3.8) is 0 Å². The second kappa shape index (κ2) is 7.69. The van der Waals surface area contributed by atoms with Gasteiger partial charge >= 0.3 is 0 Å². The maximum Gasteiger partial charge on any atom is 0.136 e. The monoisotopic (exact) mass is 241 g/mol. The first-order chi connectivity index (χ1) is 7.77. The SMILES string of the molecule is CCC(CC)NCCSc1ccccc1F. The Hall–Kier alpha value is -0.540. The zero-order chi connectivity index (χ0) is 11.8. The molecule has 0 spiro atoms. The molecule has 0 saturated carbocycles. The van der Waals surface area contributed by atoms with E-state index in [1.165, 1.54) is 6.07 Å². The first-order valence-corrected chi connectivity index (χ1v) is 6.87. The van der Waals surface area contributed by atoms with E-state index in [4.69, 9.17) is 0 Å². The molecule has 90 valence electrons. The molecule has 0 amide bonds. The van der Waals surface area contributed by atoms with Gasteiger partial charge in [0.05, 0.1) is 0 Å². The summed E-state index contributed by atoms with van der Waals surface area (Å²) < 4.78 is 13.3. The molecule has 0 heterocycles. The molecule has 0 fully saturated rings. The molecule has 0 aliphatic carbocycles. The average Bonchev–Trinajstić information content (AvgIpc) is 2.31. The van der Waals surface area contributed by atoms with Crippen molar-refractivity contribution < 1.29 is 4.39 Å². The van der Waals surface area contributed by atoms with E-state index in [0.29, 0.717) is 6.04 Å². The van der Waals surface area contributed by atoms with Gasteiger partial charge in [-0.15, -0.1) is 11.8 Å². The Labute approximate surface area is 102 Å². The van der Waals surface area contributed by atoms with Gasteiger partial charge in [-0.1, -0.05) is 26.0 Å². The predicted molar refractivity (Wildman–Crippen MR) is 69.5 cm³/mol. The molecule has 0 aliphatic heterocycles.